The fourth-order valence-electron chi connectivity index (χ4n) is 3.88. The van der Waals surface area contributed by atoms with Crippen LogP contribution in [0.3, 0.4) is 0 Å². The third kappa shape index (κ3) is 2.06. The predicted octanol–water partition coefficient (Wildman–Crippen LogP) is 5.30. The van der Waals surface area contributed by atoms with Crippen LogP contribution in [0.2, 0.25) is 5.02 Å². The zero-order valence-corrected chi connectivity index (χ0v) is 13.3. The maximum Gasteiger partial charge on any atom is 0.0921 e. The second kappa shape index (κ2) is 4.98. The summed E-state index contributed by atoms with van der Waals surface area (Å²) in [5.74, 6) is 0. The lowest BCUT2D eigenvalue weighted by Crippen LogP contribution is -2.27. The number of hydrogen-bond donors (Lipinski definition) is 0. The smallest absolute Gasteiger partial charge is 0.0921 e. The number of hydroxylamine groups is 1. The molecule has 1 fully saturated rings. The van der Waals surface area contributed by atoms with E-state index in [1.807, 2.05) is 12.1 Å². The summed E-state index contributed by atoms with van der Waals surface area (Å²) in [6, 6.07) is 21.4. The second-order valence-corrected chi connectivity index (χ2v) is 6.79. The fraction of sp³-hybridized carbons (Fsp3) is 0.200. The van der Waals surface area contributed by atoms with Gasteiger partial charge in [-0.3, -0.25) is 4.84 Å². The van der Waals surface area contributed by atoms with E-state index in [0.29, 0.717) is 0 Å². The van der Waals surface area contributed by atoms with Gasteiger partial charge in [0.1, 0.15) is 0 Å². The fourth-order valence-corrected chi connectivity index (χ4v) is 4.00. The van der Waals surface area contributed by atoms with E-state index in [1.54, 1.807) is 0 Å². The minimum absolute atomic E-state index is 0.254. The van der Waals surface area contributed by atoms with Gasteiger partial charge in [0.15, 0.2) is 0 Å². The summed E-state index contributed by atoms with van der Waals surface area (Å²) in [7, 11) is 0. The first-order chi connectivity index (χ1) is 11.3. The molecule has 0 spiro atoms. The molecule has 0 unspecified atom stereocenters. The highest BCUT2D eigenvalue weighted by Gasteiger charge is 2.40. The summed E-state index contributed by atoms with van der Waals surface area (Å²) in [5, 5.41) is 5.44. The van der Waals surface area contributed by atoms with E-state index in [2.05, 4.69) is 53.6 Å². The number of nitrogens with zero attached hydrogens (tertiary/aromatic N) is 1. The van der Waals surface area contributed by atoms with E-state index in [1.165, 1.54) is 27.6 Å². The van der Waals surface area contributed by atoms with Crippen molar-refractivity contribution in [1.29, 1.82) is 0 Å². The van der Waals surface area contributed by atoms with Gasteiger partial charge < -0.3 is 0 Å². The van der Waals surface area contributed by atoms with Crippen LogP contribution < -0.4 is 5.06 Å². The molecule has 2 heterocycles. The van der Waals surface area contributed by atoms with E-state index in [-0.39, 0.29) is 12.1 Å². The highest BCUT2D eigenvalue weighted by molar-refractivity contribution is 6.30. The van der Waals surface area contributed by atoms with Crippen molar-refractivity contribution >= 4 is 28.1 Å². The molecule has 0 aromatic heterocycles. The molecule has 3 aromatic carbocycles. The summed E-state index contributed by atoms with van der Waals surface area (Å²) in [6.07, 6.45) is 2.27. The average molecular weight is 322 g/mol. The van der Waals surface area contributed by atoms with Crippen LogP contribution in [0.4, 0.5) is 5.69 Å². The van der Waals surface area contributed by atoms with E-state index in [0.717, 1.165) is 17.9 Å². The molecule has 1 saturated heterocycles. The first-order valence-corrected chi connectivity index (χ1v) is 8.39. The molecule has 2 bridgehead atoms. The number of rotatable bonds is 1. The summed E-state index contributed by atoms with van der Waals surface area (Å²) in [4.78, 5) is 6.23. The van der Waals surface area contributed by atoms with Gasteiger partial charge in [0.25, 0.3) is 0 Å². The van der Waals surface area contributed by atoms with Crippen molar-refractivity contribution in [3.8, 4) is 0 Å². The number of anilines is 1. The molecule has 0 N–H and O–H groups in total. The highest BCUT2D eigenvalue weighted by Crippen LogP contribution is 2.47. The summed E-state index contributed by atoms with van der Waals surface area (Å²) < 4.78 is 0. The van der Waals surface area contributed by atoms with E-state index < -0.39 is 0 Å². The SMILES string of the molecule is Clc1ccc([C@@H]2C[C@@H]3Cc4ccc5ccccc5c4N2O3)cc1. The molecule has 2 aliphatic rings. The predicted molar refractivity (Wildman–Crippen MR) is 93.8 cm³/mol. The van der Waals surface area contributed by atoms with Gasteiger partial charge in [0.2, 0.25) is 0 Å². The molecule has 0 saturated carbocycles. The lowest BCUT2D eigenvalue weighted by molar-refractivity contribution is 0.0741. The van der Waals surface area contributed by atoms with Crippen LogP contribution in [0, 0.1) is 0 Å². The average Bonchev–Trinajstić information content (AvgIpc) is 2.92. The van der Waals surface area contributed by atoms with Crippen molar-refractivity contribution in [1.82, 2.24) is 0 Å². The van der Waals surface area contributed by atoms with Gasteiger partial charge in [0.05, 0.1) is 17.8 Å². The molecule has 2 atom stereocenters. The Labute approximate surface area is 140 Å². The Morgan fingerprint density at radius 2 is 1.78 bits per heavy atom. The molecule has 0 radical (unpaired) electrons. The molecule has 23 heavy (non-hydrogen) atoms. The third-order valence-electron chi connectivity index (χ3n) is 4.94. The Balaban J connectivity index is 1.68. The van der Waals surface area contributed by atoms with E-state index in [9.17, 15) is 0 Å². The lowest BCUT2D eigenvalue weighted by atomic mass is 9.99. The van der Waals surface area contributed by atoms with Crippen molar-refractivity contribution in [2.24, 2.45) is 0 Å². The van der Waals surface area contributed by atoms with Gasteiger partial charge in [-0.2, -0.15) is 0 Å². The number of benzene rings is 3. The van der Waals surface area contributed by atoms with Crippen LogP contribution in [0.1, 0.15) is 23.6 Å². The Kier molecular flexibility index (Phi) is 2.91. The van der Waals surface area contributed by atoms with Crippen molar-refractivity contribution in [3.05, 3.63) is 76.8 Å². The van der Waals surface area contributed by atoms with Gasteiger partial charge in [0, 0.05) is 23.3 Å². The Morgan fingerprint density at radius 1 is 0.957 bits per heavy atom. The summed E-state index contributed by atoms with van der Waals surface area (Å²) >= 11 is 6.04. The van der Waals surface area contributed by atoms with Crippen LogP contribution in [-0.4, -0.2) is 6.10 Å². The molecule has 0 aliphatic carbocycles. The van der Waals surface area contributed by atoms with Gasteiger partial charge in [-0.05, 0) is 28.6 Å². The zero-order chi connectivity index (χ0) is 15.4. The largest absolute Gasteiger partial charge is 0.269 e. The number of hydrogen-bond acceptors (Lipinski definition) is 2. The molecule has 114 valence electrons. The first kappa shape index (κ1) is 13.4. The molecular weight excluding hydrogens is 306 g/mol. The number of halogens is 1. The monoisotopic (exact) mass is 321 g/mol. The Bertz CT molecular complexity index is 890. The van der Waals surface area contributed by atoms with E-state index in [4.69, 9.17) is 16.4 Å². The normalized spacial score (nSPS) is 22.4. The van der Waals surface area contributed by atoms with Crippen LogP contribution >= 0.6 is 11.6 Å². The lowest BCUT2D eigenvalue weighted by Gasteiger charge is -2.31. The summed E-state index contributed by atoms with van der Waals surface area (Å²) in [6.45, 7) is 0. The molecule has 3 aromatic rings. The van der Waals surface area contributed by atoms with Crippen LogP contribution in [0.15, 0.2) is 60.7 Å². The van der Waals surface area contributed by atoms with Gasteiger partial charge in [-0.25, -0.2) is 5.06 Å². The topological polar surface area (TPSA) is 12.5 Å². The zero-order valence-electron chi connectivity index (χ0n) is 12.6. The third-order valence-corrected chi connectivity index (χ3v) is 5.19. The van der Waals surface area contributed by atoms with Crippen molar-refractivity contribution in [2.45, 2.75) is 25.0 Å². The van der Waals surface area contributed by atoms with Gasteiger partial charge >= 0.3 is 0 Å². The first-order valence-electron chi connectivity index (χ1n) is 8.02. The quantitative estimate of drug-likeness (QED) is 0.603. The minimum atomic E-state index is 0.254. The standard InChI is InChI=1S/C20H16ClNO/c21-16-9-7-14(8-10-16)19-12-17-11-15-6-5-13-3-1-2-4-18(13)20(15)22(19)23-17/h1-10,17,19H,11-12H2/t17-,19-/m0/s1. The van der Waals surface area contributed by atoms with Crippen molar-refractivity contribution in [2.75, 3.05) is 5.06 Å². The molecule has 5 rings (SSSR count). The molecular formula is C20H16ClNO. The van der Waals surface area contributed by atoms with Crippen LogP contribution in [0.25, 0.3) is 10.8 Å². The molecule has 2 aliphatic heterocycles. The maximum absolute atomic E-state index is 6.23. The molecule has 2 nitrogen and oxygen atoms in total. The minimum Gasteiger partial charge on any atom is -0.269 e. The van der Waals surface area contributed by atoms with Gasteiger partial charge in [-0.15, -0.1) is 0 Å². The second-order valence-electron chi connectivity index (χ2n) is 6.35. The maximum atomic E-state index is 6.23. The Morgan fingerprint density at radius 3 is 2.65 bits per heavy atom. The van der Waals surface area contributed by atoms with Crippen LogP contribution in [-0.2, 0) is 11.3 Å². The number of fused-ring (bicyclic) bond motifs is 6. The van der Waals surface area contributed by atoms with E-state index >= 15 is 0 Å². The van der Waals surface area contributed by atoms with Crippen LogP contribution in [0.5, 0.6) is 0 Å². The summed E-state index contributed by atoms with van der Waals surface area (Å²) in [5.41, 5.74) is 3.88. The highest BCUT2D eigenvalue weighted by atomic mass is 35.5. The molecule has 0 amide bonds. The van der Waals surface area contributed by atoms with Crippen molar-refractivity contribution in [3.63, 3.8) is 0 Å². The van der Waals surface area contributed by atoms with Crippen molar-refractivity contribution < 1.29 is 4.84 Å². The van der Waals surface area contributed by atoms with Gasteiger partial charge in [-0.1, -0.05) is 60.1 Å². The Hall–Kier alpha value is -2.03. The molecule has 3 heteroatoms.